The minimum atomic E-state index is -0.535. The lowest BCUT2D eigenvalue weighted by atomic mass is 10.1. The zero-order valence-corrected chi connectivity index (χ0v) is 11.8. The number of phenols is 1. The van der Waals surface area contributed by atoms with Gasteiger partial charge in [-0.25, -0.2) is 0 Å². The van der Waals surface area contributed by atoms with Crippen LogP contribution in [0.25, 0.3) is 0 Å². The van der Waals surface area contributed by atoms with Crippen LogP contribution in [0, 0.1) is 0 Å². The van der Waals surface area contributed by atoms with Gasteiger partial charge in [0.1, 0.15) is 5.75 Å². The highest BCUT2D eigenvalue weighted by atomic mass is 79.9. The van der Waals surface area contributed by atoms with Gasteiger partial charge in [-0.15, -0.1) is 0 Å². The van der Waals surface area contributed by atoms with Crippen LogP contribution < -0.4 is 11.1 Å². The predicted octanol–water partition coefficient (Wildman–Crippen LogP) is 2.51. The number of phenolic OH excluding ortho intramolecular Hbond substituents is 1. The normalized spacial score (nSPS) is 10.1. The Bertz CT molecular complexity index is 669. The number of carbonyl (C=O) groups excluding carboxylic acids is 2. The van der Waals surface area contributed by atoms with Gasteiger partial charge in [0.05, 0.1) is 5.56 Å². The number of aromatic hydroxyl groups is 1. The van der Waals surface area contributed by atoms with E-state index in [0.29, 0.717) is 15.7 Å². The minimum absolute atomic E-state index is 0.112. The summed E-state index contributed by atoms with van der Waals surface area (Å²) < 4.78 is 0.685. The van der Waals surface area contributed by atoms with Crippen molar-refractivity contribution in [2.75, 3.05) is 5.32 Å². The highest BCUT2D eigenvalue weighted by molar-refractivity contribution is 9.10. The van der Waals surface area contributed by atoms with E-state index in [1.165, 1.54) is 24.3 Å². The van der Waals surface area contributed by atoms with E-state index in [1.54, 1.807) is 18.2 Å². The maximum Gasteiger partial charge on any atom is 0.259 e. The molecule has 102 valence electrons. The van der Waals surface area contributed by atoms with Crippen LogP contribution in [0.5, 0.6) is 5.75 Å². The summed E-state index contributed by atoms with van der Waals surface area (Å²) >= 11 is 3.23. The number of nitrogens with one attached hydrogen (secondary N) is 1. The number of nitrogens with two attached hydrogens (primary N) is 1. The zero-order valence-electron chi connectivity index (χ0n) is 10.3. The molecule has 0 saturated heterocycles. The van der Waals surface area contributed by atoms with Gasteiger partial charge in [0.15, 0.2) is 0 Å². The Labute approximate surface area is 123 Å². The molecule has 0 aliphatic heterocycles. The first-order valence-corrected chi connectivity index (χ1v) is 6.46. The molecule has 4 N–H and O–H groups in total. The summed E-state index contributed by atoms with van der Waals surface area (Å²) in [5.41, 5.74) is 6.13. The van der Waals surface area contributed by atoms with Gasteiger partial charge >= 0.3 is 0 Å². The molecule has 5 nitrogen and oxygen atoms in total. The molecule has 0 spiro atoms. The standard InChI is InChI=1S/C14H11BrN2O3/c15-9-3-6-12(18)11(7-9)14(20)17-10-4-1-8(2-5-10)13(16)19/h1-7,18H,(H2,16,19)(H,17,20). The first kappa shape index (κ1) is 14.1. The van der Waals surface area contributed by atoms with Gasteiger partial charge in [-0.05, 0) is 42.5 Å². The van der Waals surface area contributed by atoms with E-state index in [4.69, 9.17) is 5.73 Å². The molecule has 2 rings (SSSR count). The van der Waals surface area contributed by atoms with Crippen LogP contribution in [0.3, 0.4) is 0 Å². The second-order valence-corrected chi connectivity index (χ2v) is 4.97. The lowest BCUT2D eigenvalue weighted by Crippen LogP contribution is -2.13. The van der Waals surface area contributed by atoms with E-state index >= 15 is 0 Å². The van der Waals surface area contributed by atoms with Crippen LogP contribution in [0.15, 0.2) is 46.9 Å². The van der Waals surface area contributed by atoms with E-state index in [1.807, 2.05) is 0 Å². The molecule has 0 unspecified atom stereocenters. The third-order valence-corrected chi connectivity index (χ3v) is 3.12. The second kappa shape index (κ2) is 5.75. The zero-order chi connectivity index (χ0) is 14.7. The fraction of sp³-hybridized carbons (Fsp3) is 0. The number of hydrogen-bond acceptors (Lipinski definition) is 3. The fourth-order valence-electron chi connectivity index (χ4n) is 1.61. The molecule has 0 heterocycles. The summed E-state index contributed by atoms with van der Waals surface area (Å²) in [7, 11) is 0. The number of halogens is 1. The Morgan fingerprint density at radius 2 is 1.75 bits per heavy atom. The first-order chi connectivity index (χ1) is 9.47. The Kier molecular flexibility index (Phi) is 4.05. The van der Waals surface area contributed by atoms with E-state index < -0.39 is 11.8 Å². The van der Waals surface area contributed by atoms with Crippen molar-refractivity contribution >= 4 is 33.4 Å². The van der Waals surface area contributed by atoms with E-state index in [2.05, 4.69) is 21.2 Å². The molecule has 0 atom stereocenters. The summed E-state index contributed by atoms with van der Waals surface area (Å²) in [5, 5.41) is 12.3. The molecule has 0 radical (unpaired) electrons. The number of carbonyl (C=O) groups is 2. The Morgan fingerprint density at radius 3 is 2.35 bits per heavy atom. The van der Waals surface area contributed by atoms with Crippen LogP contribution >= 0.6 is 15.9 Å². The van der Waals surface area contributed by atoms with Gasteiger partial charge in [-0.2, -0.15) is 0 Å². The van der Waals surface area contributed by atoms with Crippen LogP contribution in [0.4, 0.5) is 5.69 Å². The average Bonchev–Trinajstić information content (AvgIpc) is 2.42. The van der Waals surface area contributed by atoms with E-state index in [9.17, 15) is 14.7 Å². The Balaban J connectivity index is 2.19. The van der Waals surface area contributed by atoms with Gasteiger partial charge in [0, 0.05) is 15.7 Å². The minimum Gasteiger partial charge on any atom is -0.507 e. The summed E-state index contributed by atoms with van der Waals surface area (Å²) in [6.07, 6.45) is 0. The Morgan fingerprint density at radius 1 is 1.10 bits per heavy atom. The van der Waals surface area contributed by atoms with Crippen molar-refractivity contribution in [3.05, 3.63) is 58.1 Å². The fourth-order valence-corrected chi connectivity index (χ4v) is 1.97. The number of amides is 2. The molecule has 2 amide bonds. The van der Waals surface area contributed by atoms with Crippen molar-refractivity contribution in [3.8, 4) is 5.75 Å². The van der Waals surface area contributed by atoms with Crippen molar-refractivity contribution in [2.24, 2.45) is 5.73 Å². The van der Waals surface area contributed by atoms with Gasteiger partial charge in [-0.3, -0.25) is 9.59 Å². The Hall–Kier alpha value is -2.34. The lowest BCUT2D eigenvalue weighted by molar-refractivity contribution is 0.0998. The molecule has 0 fully saturated rings. The van der Waals surface area contributed by atoms with E-state index in [-0.39, 0.29) is 11.3 Å². The third kappa shape index (κ3) is 3.16. The van der Waals surface area contributed by atoms with Crippen molar-refractivity contribution < 1.29 is 14.7 Å². The molecule has 2 aromatic carbocycles. The predicted molar refractivity (Wildman–Crippen MR) is 78.7 cm³/mol. The molecule has 0 aliphatic rings. The van der Waals surface area contributed by atoms with E-state index in [0.717, 1.165) is 0 Å². The number of hydrogen-bond donors (Lipinski definition) is 3. The highest BCUT2D eigenvalue weighted by Crippen LogP contribution is 2.23. The molecule has 0 aromatic heterocycles. The first-order valence-electron chi connectivity index (χ1n) is 5.67. The number of benzene rings is 2. The van der Waals surface area contributed by atoms with Gasteiger partial charge < -0.3 is 16.2 Å². The van der Waals surface area contributed by atoms with Crippen molar-refractivity contribution in [3.63, 3.8) is 0 Å². The molecule has 2 aromatic rings. The third-order valence-electron chi connectivity index (χ3n) is 2.63. The topological polar surface area (TPSA) is 92.4 Å². The summed E-state index contributed by atoms with van der Waals surface area (Å²) in [6.45, 7) is 0. The molecular weight excluding hydrogens is 324 g/mol. The number of rotatable bonds is 3. The SMILES string of the molecule is NC(=O)c1ccc(NC(=O)c2cc(Br)ccc2O)cc1. The van der Waals surface area contributed by atoms with Crippen LogP contribution in [-0.4, -0.2) is 16.9 Å². The second-order valence-electron chi connectivity index (χ2n) is 4.06. The highest BCUT2D eigenvalue weighted by Gasteiger charge is 2.12. The van der Waals surface area contributed by atoms with Crippen LogP contribution in [-0.2, 0) is 0 Å². The van der Waals surface area contributed by atoms with Gasteiger partial charge in [-0.1, -0.05) is 15.9 Å². The van der Waals surface area contributed by atoms with Gasteiger partial charge in [0.25, 0.3) is 5.91 Å². The van der Waals surface area contributed by atoms with Crippen LogP contribution in [0.1, 0.15) is 20.7 Å². The summed E-state index contributed by atoms with van der Waals surface area (Å²) in [5.74, 6) is -1.09. The molecule has 0 bridgehead atoms. The quantitative estimate of drug-likeness (QED) is 0.805. The molecule has 0 saturated carbocycles. The van der Waals surface area contributed by atoms with Crippen molar-refractivity contribution in [1.29, 1.82) is 0 Å². The summed E-state index contributed by atoms with van der Waals surface area (Å²) in [4.78, 5) is 23.0. The van der Waals surface area contributed by atoms with Crippen LogP contribution in [0.2, 0.25) is 0 Å². The maximum atomic E-state index is 12.0. The monoisotopic (exact) mass is 334 g/mol. The largest absolute Gasteiger partial charge is 0.507 e. The molecule has 6 heteroatoms. The molecule has 20 heavy (non-hydrogen) atoms. The molecular formula is C14H11BrN2O3. The average molecular weight is 335 g/mol. The van der Waals surface area contributed by atoms with Crippen molar-refractivity contribution in [1.82, 2.24) is 0 Å². The smallest absolute Gasteiger partial charge is 0.259 e. The van der Waals surface area contributed by atoms with Gasteiger partial charge in [0.2, 0.25) is 5.91 Å². The molecule has 0 aliphatic carbocycles. The lowest BCUT2D eigenvalue weighted by Gasteiger charge is -2.07. The number of primary amides is 1. The number of anilines is 1. The summed E-state index contributed by atoms with van der Waals surface area (Å²) in [6, 6.07) is 10.7. The maximum absolute atomic E-state index is 12.0. The van der Waals surface area contributed by atoms with Crippen molar-refractivity contribution in [2.45, 2.75) is 0 Å².